The van der Waals surface area contributed by atoms with Crippen LogP contribution in [0.5, 0.6) is 0 Å². The van der Waals surface area contributed by atoms with Gasteiger partial charge in [-0.1, -0.05) is 36.4 Å². The predicted octanol–water partition coefficient (Wildman–Crippen LogP) is 4.28. The van der Waals surface area contributed by atoms with Crippen LogP contribution in [0.15, 0.2) is 77.7 Å². The maximum absolute atomic E-state index is 12.7. The second kappa shape index (κ2) is 10.1. The Kier molecular flexibility index (Phi) is 7.38. The van der Waals surface area contributed by atoms with Crippen molar-refractivity contribution in [3.05, 3.63) is 83.9 Å². The fourth-order valence-electron chi connectivity index (χ4n) is 3.07. The lowest BCUT2D eigenvalue weighted by atomic mass is 10.0. The van der Waals surface area contributed by atoms with E-state index in [0.29, 0.717) is 17.8 Å². The Morgan fingerprint density at radius 3 is 2.15 bits per heavy atom. The molecule has 0 radical (unpaired) electrons. The smallest absolute Gasteiger partial charge is 0.407 e. The number of carbonyl (C=O) groups is 2. The molecule has 3 aromatic carbocycles. The first-order valence-electron chi connectivity index (χ1n) is 10.5. The third-order valence-electron chi connectivity index (χ3n) is 4.69. The fraction of sp³-hybridized carbons (Fsp3) is 0.200. The zero-order valence-corrected chi connectivity index (χ0v) is 20.0. The van der Waals surface area contributed by atoms with Crippen molar-refractivity contribution >= 4 is 27.7 Å². The van der Waals surface area contributed by atoms with E-state index in [4.69, 9.17) is 9.88 Å². The van der Waals surface area contributed by atoms with Crippen LogP contribution in [0.1, 0.15) is 36.7 Å². The van der Waals surface area contributed by atoms with Gasteiger partial charge >= 0.3 is 6.09 Å². The van der Waals surface area contributed by atoms with Crippen molar-refractivity contribution < 1.29 is 22.7 Å². The van der Waals surface area contributed by atoms with Crippen molar-refractivity contribution in [1.29, 1.82) is 0 Å². The van der Waals surface area contributed by atoms with Gasteiger partial charge in [-0.3, -0.25) is 4.79 Å². The summed E-state index contributed by atoms with van der Waals surface area (Å²) in [5.41, 5.74) is 3.01. The zero-order chi connectivity index (χ0) is 24.9. The standard InChI is InChI=1S/C25H27N3O5S/c1-25(2,3)33-24(30)27-16-17-7-9-18(10-8-17)19-5-4-6-20(15-19)23(29)28-21-11-13-22(14-12-21)34(26,31)32/h4-15H,16H2,1-3H3,(H,27,30)(H,28,29)(H2,26,31,32). The lowest BCUT2D eigenvalue weighted by molar-refractivity contribution is 0.0523. The van der Waals surface area contributed by atoms with Crippen molar-refractivity contribution in [2.75, 3.05) is 5.32 Å². The summed E-state index contributed by atoms with van der Waals surface area (Å²) >= 11 is 0. The monoisotopic (exact) mass is 481 g/mol. The number of nitrogens with two attached hydrogens (primary N) is 1. The van der Waals surface area contributed by atoms with Crippen LogP contribution in [0.3, 0.4) is 0 Å². The predicted molar refractivity (Wildman–Crippen MR) is 131 cm³/mol. The number of benzene rings is 3. The summed E-state index contributed by atoms with van der Waals surface area (Å²) in [6.45, 7) is 5.75. The SMILES string of the molecule is CC(C)(C)OC(=O)NCc1ccc(-c2cccc(C(=O)Nc3ccc(S(N)(=O)=O)cc3)c2)cc1. The first-order valence-corrected chi connectivity index (χ1v) is 12.1. The fourth-order valence-corrected chi connectivity index (χ4v) is 3.59. The number of carbonyl (C=O) groups excluding carboxylic acids is 2. The van der Waals surface area contributed by atoms with Gasteiger partial charge in [-0.15, -0.1) is 0 Å². The molecule has 9 heteroatoms. The van der Waals surface area contributed by atoms with Gasteiger partial charge in [-0.05, 0) is 73.9 Å². The molecule has 34 heavy (non-hydrogen) atoms. The highest BCUT2D eigenvalue weighted by Gasteiger charge is 2.15. The number of amides is 2. The maximum atomic E-state index is 12.7. The van der Waals surface area contributed by atoms with E-state index in [-0.39, 0.29) is 10.8 Å². The van der Waals surface area contributed by atoms with Crippen LogP contribution in [-0.2, 0) is 21.3 Å². The first kappa shape index (κ1) is 24.9. The molecule has 0 spiro atoms. The summed E-state index contributed by atoms with van der Waals surface area (Å²) in [7, 11) is -3.79. The van der Waals surface area contributed by atoms with Gasteiger partial charge in [0.15, 0.2) is 0 Å². The van der Waals surface area contributed by atoms with E-state index in [0.717, 1.165) is 16.7 Å². The van der Waals surface area contributed by atoms with Crippen LogP contribution < -0.4 is 15.8 Å². The van der Waals surface area contributed by atoms with Gasteiger partial charge in [0.1, 0.15) is 5.60 Å². The number of rotatable bonds is 6. The van der Waals surface area contributed by atoms with Gasteiger partial charge in [0.2, 0.25) is 10.0 Å². The number of primary sulfonamides is 1. The molecule has 0 fully saturated rings. The van der Waals surface area contributed by atoms with Crippen LogP contribution in [0.4, 0.5) is 10.5 Å². The van der Waals surface area contributed by atoms with Gasteiger partial charge in [-0.2, -0.15) is 0 Å². The Balaban J connectivity index is 1.65. The maximum Gasteiger partial charge on any atom is 0.407 e. The summed E-state index contributed by atoms with van der Waals surface area (Å²) in [6.07, 6.45) is -0.477. The number of hydrogen-bond donors (Lipinski definition) is 3. The quantitative estimate of drug-likeness (QED) is 0.484. The van der Waals surface area contributed by atoms with E-state index in [1.165, 1.54) is 24.3 Å². The van der Waals surface area contributed by atoms with Crippen LogP contribution in [0, 0.1) is 0 Å². The highest BCUT2D eigenvalue weighted by molar-refractivity contribution is 7.89. The Morgan fingerprint density at radius 1 is 0.912 bits per heavy atom. The molecule has 0 bridgehead atoms. The summed E-state index contributed by atoms with van der Waals surface area (Å²) in [5, 5.41) is 10.6. The lowest BCUT2D eigenvalue weighted by Gasteiger charge is -2.19. The molecule has 0 saturated heterocycles. The molecular weight excluding hydrogens is 454 g/mol. The largest absolute Gasteiger partial charge is 0.444 e. The molecular formula is C25H27N3O5S. The number of nitrogens with one attached hydrogen (secondary N) is 2. The molecule has 8 nitrogen and oxygen atoms in total. The number of alkyl carbamates (subject to hydrolysis) is 1. The highest BCUT2D eigenvalue weighted by atomic mass is 32.2. The molecule has 0 saturated carbocycles. The van der Waals surface area contributed by atoms with E-state index in [1.807, 2.05) is 30.3 Å². The molecule has 2 amide bonds. The molecule has 4 N–H and O–H groups in total. The minimum absolute atomic E-state index is 0.0303. The summed E-state index contributed by atoms with van der Waals surface area (Å²) in [5.74, 6) is -0.330. The third-order valence-corrected chi connectivity index (χ3v) is 5.62. The van der Waals surface area contributed by atoms with E-state index < -0.39 is 21.7 Å². The molecule has 0 aliphatic heterocycles. The summed E-state index contributed by atoms with van der Waals surface area (Å²) in [4.78, 5) is 24.5. The molecule has 0 unspecified atom stereocenters. The zero-order valence-electron chi connectivity index (χ0n) is 19.2. The number of ether oxygens (including phenoxy) is 1. The third kappa shape index (κ3) is 7.16. The molecule has 0 aliphatic rings. The summed E-state index contributed by atoms with van der Waals surface area (Å²) in [6, 6.07) is 20.4. The Hall–Kier alpha value is -3.69. The molecule has 0 heterocycles. The van der Waals surface area contributed by atoms with E-state index >= 15 is 0 Å². The van der Waals surface area contributed by atoms with Crippen LogP contribution in [-0.4, -0.2) is 26.0 Å². The van der Waals surface area contributed by atoms with Crippen molar-refractivity contribution in [1.82, 2.24) is 5.32 Å². The Morgan fingerprint density at radius 2 is 1.56 bits per heavy atom. The van der Waals surface area contributed by atoms with Crippen LogP contribution >= 0.6 is 0 Å². The normalized spacial score (nSPS) is 11.5. The average molecular weight is 482 g/mol. The van der Waals surface area contributed by atoms with Gasteiger partial charge < -0.3 is 15.4 Å². The Bertz CT molecular complexity index is 1280. The highest BCUT2D eigenvalue weighted by Crippen LogP contribution is 2.22. The second-order valence-corrected chi connectivity index (χ2v) is 10.2. The van der Waals surface area contributed by atoms with E-state index in [2.05, 4.69) is 10.6 Å². The Labute approximate surface area is 199 Å². The number of anilines is 1. The van der Waals surface area contributed by atoms with E-state index in [1.54, 1.807) is 39.0 Å². The van der Waals surface area contributed by atoms with Crippen molar-refractivity contribution in [3.63, 3.8) is 0 Å². The topological polar surface area (TPSA) is 128 Å². The van der Waals surface area contributed by atoms with Gasteiger partial charge in [-0.25, -0.2) is 18.4 Å². The van der Waals surface area contributed by atoms with E-state index in [9.17, 15) is 18.0 Å². The van der Waals surface area contributed by atoms with Gasteiger partial charge in [0.05, 0.1) is 4.90 Å². The molecule has 3 rings (SSSR count). The molecule has 0 atom stereocenters. The summed E-state index contributed by atoms with van der Waals surface area (Å²) < 4.78 is 28.0. The van der Waals surface area contributed by atoms with Crippen molar-refractivity contribution in [2.24, 2.45) is 5.14 Å². The molecule has 0 aliphatic carbocycles. The number of hydrogen-bond acceptors (Lipinski definition) is 5. The second-order valence-electron chi connectivity index (χ2n) is 8.66. The van der Waals surface area contributed by atoms with Gasteiger partial charge in [0.25, 0.3) is 5.91 Å². The van der Waals surface area contributed by atoms with Crippen LogP contribution in [0.2, 0.25) is 0 Å². The molecule has 178 valence electrons. The minimum atomic E-state index is -3.79. The minimum Gasteiger partial charge on any atom is -0.444 e. The van der Waals surface area contributed by atoms with Gasteiger partial charge in [0, 0.05) is 17.8 Å². The lowest BCUT2D eigenvalue weighted by Crippen LogP contribution is -2.32. The average Bonchev–Trinajstić information content (AvgIpc) is 2.77. The molecule has 3 aromatic rings. The molecule has 0 aromatic heterocycles. The number of sulfonamides is 1. The van der Waals surface area contributed by atoms with Crippen molar-refractivity contribution in [2.45, 2.75) is 37.8 Å². The van der Waals surface area contributed by atoms with Crippen LogP contribution in [0.25, 0.3) is 11.1 Å². The van der Waals surface area contributed by atoms with Crippen molar-refractivity contribution in [3.8, 4) is 11.1 Å². The first-order chi connectivity index (χ1) is 15.9.